The fourth-order valence-corrected chi connectivity index (χ4v) is 0.913. The molecule has 0 rings (SSSR count). The summed E-state index contributed by atoms with van der Waals surface area (Å²) in [6, 6.07) is 0. The van der Waals surface area contributed by atoms with Crippen molar-refractivity contribution in [2.45, 2.75) is 52.7 Å². The van der Waals surface area contributed by atoms with Gasteiger partial charge in [0.25, 0.3) is 0 Å². The molecule has 0 bridgehead atoms. The van der Waals surface area contributed by atoms with E-state index >= 15 is 0 Å². The summed E-state index contributed by atoms with van der Waals surface area (Å²) in [5, 5.41) is 9.38. The summed E-state index contributed by atoms with van der Waals surface area (Å²) in [5.41, 5.74) is -0.519. The van der Waals surface area contributed by atoms with Crippen molar-refractivity contribution in [1.82, 2.24) is 0 Å². The molecule has 0 spiro atoms. The molecular weight excluding hydrogens is 168 g/mol. The Hall–Kier alpha value is -0.570. The molecule has 1 atom stereocenters. The Morgan fingerprint density at radius 2 is 1.85 bits per heavy atom. The van der Waals surface area contributed by atoms with Gasteiger partial charge in [0.05, 0.1) is 0 Å². The van der Waals surface area contributed by atoms with E-state index in [2.05, 4.69) is 0 Å². The fourth-order valence-electron chi connectivity index (χ4n) is 0.913. The van der Waals surface area contributed by atoms with Crippen molar-refractivity contribution >= 4 is 5.97 Å². The first kappa shape index (κ1) is 12.4. The van der Waals surface area contributed by atoms with Gasteiger partial charge in [0, 0.05) is 0 Å². The van der Waals surface area contributed by atoms with Crippen LogP contribution in [0, 0.1) is 5.92 Å². The van der Waals surface area contributed by atoms with Crippen LogP contribution < -0.4 is 0 Å². The van der Waals surface area contributed by atoms with E-state index < -0.39 is 17.7 Å². The molecule has 1 N–H and O–H groups in total. The van der Waals surface area contributed by atoms with E-state index in [1.165, 1.54) is 0 Å². The SMILES string of the molecule is CC(C)C[C@@H](O)C(=O)OC(C)(C)C. The van der Waals surface area contributed by atoms with Gasteiger partial charge < -0.3 is 9.84 Å². The molecule has 3 nitrogen and oxygen atoms in total. The summed E-state index contributed by atoms with van der Waals surface area (Å²) >= 11 is 0. The van der Waals surface area contributed by atoms with Crippen molar-refractivity contribution in [2.75, 3.05) is 0 Å². The van der Waals surface area contributed by atoms with Crippen LogP contribution in [0.15, 0.2) is 0 Å². The Labute approximate surface area is 80.1 Å². The second kappa shape index (κ2) is 4.61. The van der Waals surface area contributed by atoms with Crippen LogP contribution in [-0.2, 0) is 9.53 Å². The molecule has 0 aliphatic heterocycles. The average Bonchev–Trinajstić information content (AvgIpc) is 1.81. The van der Waals surface area contributed by atoms with E-state index in [1.54, 1.807) is 20.8 Å². The summed E-state index contributed by atoms with van der Waals surface area (Å²) in [4.78, 5) is 11.2. The van der Waals surface area contributed by atoms with Gasteiger partial charge >= 0.3 is 5.97 Å². The second-order valence-corrected chi connectivity index (χ2v) is 4.68. The van der Waals surface area contributed by atoms with Crippen molar-refractivity contribution < 1.29 is 14.6 Å². The van der Waals surface area contributed by atoms with Gasteiger partial charge in [-0.2, -0.15) is 0 Å². The van der Waals surface area contributed by atoms with Crippen LogP contribution in [0.25, 0.3) is 0 Å². The van der Waals surface area contributed by atoms with Crippen LogP contribution >= 0.6 is 0 Å². The Balaban J connectivity index is 3.97. The number of hydrogen-bond donors (Lipinski definition) is 1. The molecule has 0 aliphatic rings. The fraction of sp³-hybridized carbons (Fsp3) is 0.900. The quantitative estimate of drug-likeness (QED) is 0.686. The lowest BCUT2D eigenvalue weighted by Gasteiger charge is -2.22. The molecule has 13 heavy (non-hydrogen) atoms. The number of hydrogen-bond acceptors (Lipinski definition) is 3. The van der Waals surface area contributed by atoms with Crippen LogP contribution in [0.2, 0.25) is 0 Å². The maximum Gasteiger partial charge on any atom is 0.335 e. The largest absolute Gasteiger partial charge is 0.458 e. The third-order valence-corrected chi connectivity index (χ3v) is 1.37. The third-order valence-electron chi connectivity index (χ3n) is 1.37. The maximum atomic E-state index is 11.2. The molecule has 0 saturated carbocycles. The average molecular weight is 188 g/mol. The molecule has 0 aromatic carbocycles. The van der Waals surface area contributed by atoms with Crippen LogP contribution in [0.1, 0.15) is 41.0 Å². The molecule has 0 aliphatic carbocycles. The Morgan fingerprint density at radius 1 is 1.38 bits per heavy atom. The van der Waals surface area contributed by atoms with Gasteiger partial charge in [0.15, 0.2) is 6.10 Å². The first-order valence-electron chi connectivity index (χ1n) is 4.63. The normalized spacial score (nSPS) is 14.4. The maximum absolute atomic E-state index is 11.2. The number of ether oxygens (including phenoxy) is 1. The van der Waals surface area contributed by atoms with Crippen LogP contribution in [-0.4, -0.2) is 22.8 Å². The zero-order valence-electron chi connectivity index (χ0n) is 9.13. The standard InChI is InChI=1S/C10H20O3/c1-7(2)6-8(11)9(12)13-10(3,4)5/h7-8,11H,6H2,1-5H3/t8-/m1/s1. The molecular formula is C10H20O3. The Kier molecular flexibility index (Phi) is 4.40. The van der Waals surface area contributed by atoms with Gasteiger partial charge in [0.2, 0.25) is 0 Å². The van der Waals surface area contributed by atoms with Crippen LogP contribution in [0.3, 0.4) is 0 Å². The molecule has 0 fully saturated rings. The van der Waals surface area contributed by atoms with Gasteiger partial charge in [-0.15, -0.1) is 0 Å². The van der Waals surface area contributed by atoms with Crippen LogP contribution in [0.5, 0.6) is 0 Å². The highest BCUT2D eigenvalue weighted by atomic mass is 16.6. The topological polar surface area (TPSA) is 46.5 Å². The van der Waals surface area contributed by atoms with Crippen molar-refractivity contribution in [2.24, 2.45) is 5.92 Å². The molecule has 0 radical (unpaired) electrons. The van der Waals surface area contributed by atoms with Gasteiger partial charge in [-0.1, -0.05) is 13.8 Å². The van der Waals surface area contributed by atoms with E-state index in [-0.39, 0.29) is 0 Å². The van der Waals surface area contributed by atoms with E-state index in [1.807, 2.05) is 13.8 Å². The second-order valence-electron chi connectivity index (χ2n) is 4.68. The smallest absolute Gasteiger partial charge is 0.335 e. The molecule has 0 amide bonds. The number of esters is 1. The van der Waals surface area contributed by atoms with E-state index in [4.69, 9.17) is 4.74 Å². The summed E-state index contributed by atoms with van der Waals surface area (Å²) in [7, 11) is 0. The lowest BCUT2D eigenvalue weighted by Crippen LogP contribution is -2.32. The van der Waals surface area contributed by atoms with E-state index in [0.29, 0.717) is 12.3 Å². The molecule has 78 valence electrons. The minimum Gasteiger partial charge on any atom is -0.458 e. The third kappa shape index (κ3) is 6.58. The van der Waals surface area contributed by atoms with Crippen molar-refractivity contribution in [3.63, 3.8) is 0 Å². The van der Waals surface area contributed by atoms with Crippen molar-refractivity contribution in [3.05, 3.63) is 0 Å². The Morgan fingerprint density at radius 3 is 2.15 bits per heavy atom. The highest BCUT2D eigenvalue weighted by Crippen LogP contribution is 2.12. The number of carbonyl (C=O) groups excluding carboxylic acids is 1. The summed E-state index contributed by atoms with van der Waals surface area (Å²) in [6.07, 6.45) is -0.534. The minimum atomic E-state index is -0.987. The van der Waals surface area contributed by atoms with Gasteiger partial charge in [0.1, 0.15) is 5.60 Å². The number of rotatable bonds is 3. The van der Waals surface area contributed by atoms with Crippen molar-refractivity contribution in [3.8, 4) is 0 Å². The lowest BCUT2D eigenvalue weighted by atomic mass is 10.1. The van der Waals surface area contributed by atoms with Crippen LogP contribution in [0.4, 0.5) is 0 Å². The monoisotopic (exact) mass is 188 g/mol. The number of carbonyl (C=O) groups is 1. The number of aliphatic hydroxyl groups excluding tert-OH is 1. The molecule has 0 aromatic rings. The summed E-state index contributed by atoms with van der Waals surface area (Å²) < 4.78 is 5.01. The minimum absolute atomic E-state index is 0.294. The highest BCUT2D eigenvalue weighted by Gasteiger charge is 2.23. The first-order chi connectivity index (χ1) is 5.72. The zero-order valence-corrected chi connectivity index (χ0v) is 9.13. The predicted molar refractivity (Wildman–Crippen MR) is 51.3 cm³/mol. The van der Waals surface area contributed by atoms with Crippen molar-refractivity contribution in [1.29, 1.82) is 0 Å². The van der Waals surface area contributed by atoms with Gasteiger partial charge in [-0.3, -0.25) is 0 Å². The zero-order chi connectivity index (χ0) is 10.6. The lowest BCUT2D eigenvalue weighted by molar-refractivity contribution is -0.165. The van der Waals surface area contributed by atoms with E-state index in [9.17, 15) is 9.90 Å². The van der Waals surface area contributed by atoms with E-state index in [0.717, 1.165) is 0 Å². The molecule has 0 saturated heterocycles. The highest BCUT2D eigenvalue weighted by molar-refractivity contribution is 5.74. The summed E-state index contributed by atoms with van der Waals surface area (Å²) in [5.74, 6) is -0.233. The Bertz CT molecular complexity index is 167. The van der Waals surface area contributed by atoms with Gasteiger partial charge in [-0.05, 0) is 33.1 Å². The first-order valence-corrected chi connectivity index (χ1v) is 4.63. The molecule has 3 heteroatoms. The molecule has 0 unspecified atom stereocenters. The van der Waals surface area contributed by atoms with Gasteiger partial charge in [-0.25, -0.2) is 4.79 Å². The molecule has 0 heterocycles. The summed E-state index contributed by atoms with van der Waals surface area (Å²) in [6.45, 7) is 9.26. The predicted octanol–water partition coefficient (Wildman–Crippen LogP) is 1.74. The number of aliphatic hydroxyl groups is 1. The molecule has 0 aromatic heterocycles.